The quantitative estimate of drug-likeness (QED) is 0.100. The number of fused-ring (bicyclic) bond motifs is 1. The van der Waals surface area contributed by atoms with Crippen molar-refractivity contribution in [1.29, 1.82) is 0 Å². The van der Waals surface area contributed by atoms with E-state index in [-0.39, 0.29) is 12.5 Å². The number of aliphatic imine (C=N–C) groups is 1. The lowest BCUT2D eigenvalue weighted by Crippen LogP contribution is -2.47. The molecule has 16 nitrogen and oxygen atoms in total. The highest BCUT2D eigenvalue weighted by molar-refractivity contribution is 5.77. The molecule has 280 valence electrons. The molecule has 5 rings (SSSR count). The number of benzene rings is 1. The van der Waals surface area contributed by atoms with Crippen molar-refractivity contribution < 1.29 is 23.9 Å². The van der Waals surface area contributed by atoms with E-state index in [1.54, 1.807) is 19.1 Å². The summed E-state index contributed by atoms with van der Waals surface area (Å²) in [4.78, 5) is 40.3. The summed E-state index contributed by atoms with van der Waals surface area (Å²) < 4.78 is 13.8. The monoisotopic (exact) mass is 709 g/mol. The Balaban J connectivity index is 1.15. The molecule has 1 fully saturated rings. The third-order valence-electron chi connectivity index (χ3n) is 9.84. The van der Waals surface area contributed by atoms with Crippen LogP contribution in [0.2, 0.25) is 0 Å². The second kappa shape index (κ2) is 18.7. The summed E-state index contributed by atoms with van der Waals surface area (Å²) in [5, 5.41) is 15.2. The number of piperidine rings is 1. The summed E-state index contributed by atoms with van der Waals surface area (Å²) in [6.45, 7) is 7.97. The molecule has 1 aromatic heterocycles. The fourth-order valence-electron chi connectivity index (χ4n) is 6.91. The molecule has 3 aliphatic rings. The van der Waals surface area contributed by atoms with Crippen LogP contribution in [0.25, 0.3) is 0 Å². The Labute approximate surface area is 300 Å². The van der Waals surface area contributed by atoms with Crippen molar-refractivity contribution >= 4 is 18.3 Å². The number of likely N-dealkylation sites (tertiary alicyclic amines) is 1. The number of hydrogen-bond acceptors (Lipinski definition) is 13. The molecule has 51 heavy (non-hydrogen) atoms. The van der Waals surface area contributed by atoms with Gasteiger partial charge in [0.15, 0.2) is 12.0 Å². The summed E-state index contributed by atoms with van der Waals surface area (Å²) in [6, 6.07) is 6.45. The molecular weight excluding hydrogens is 654 g/mol. The Morgan fingerprint density at radius 1 is 1.12 bits per heavy atom. The molecule has 2 aromatic rings. The third-order valence-corrected chi connectivity index (χ3v) is 9.84. The van der Waals surface area contributed by atoms with Gasteiger partial charge in [0.25, 0.3) is 6.02 Å². The summed E-state index contributed by atoms with van der Waals surface area (Å²) in [5.74, 6) is 8.57. The predicted molar refractivity (Wildman–Crippen MR) is 191 cm³/mol. The van der Waals surface area contributed by atoms with Crippen LogP contribution >= 0.6 is 0 Å². The van der Waals surface area contributed by atoms with Crippen molar-refractivity contribution in [2.75, 3.05) is 47.0 Å². The van der Waals surface area contributed by atoms with Gasteiger partial charge in [0.05, 0.1) is 39.1 Å². The molecule has 3 aliphatic heterocycles. The average Bonchev–Trinajstić information content (AvgIpc) is 3.57. The van der Waals surface area contributed by atoms with E-state index in [1.165, 1.54) is 0 Å². The number of ether oxygens (including phenoxy) is 2. The summed E-state index contributed by atoms with van der Waals surface area (Å²) in [7, 11) is 3.40. The highest BCUT2D eigenvalue weighted by atomic mass is 16.6. The van der Waals surface area contributed by atoms with Crippen LogP contribution in [-0.4, -0.2) is 101 Å². The van der Waals surface area contributed by atoms with Crippen LogP contribution < -0.4 is 27.0 Å². The molecule has 0 aliphatic carbocycles. The zero-order chi connectivity index (χ0) is 36.2. The van der Waals surface area contributed by atoms with E-state index in [1.807, 2.05) is 11.0 Å². The van der Waals surface area contributed by atoms with E-state index in [2.05, 4.69) is 59.2 Å². The van der Waals surface area contributed by atoms with E-state index < -0.39 is 6.17 Å². The summed E-state index contributed by atoms with van der Waals surface area (Å²) >= 11 is 0. The van der Waals surface area contributed by atoms with Crippen molar-refractivity contribution in [1.82, 2.24) is 40.1 Å². The number of rotatable bonds is 18. The highest BCUT2D eigenvalue weighted by Gasteiger charge is 2.31. The standard InChI is InChI=1S/C35H55N11O5/c1-4-5-18-50-35-39-32(36)31(38-2)34(40-35)45(24-47)22-27-11-10-25(20-28(27)49-3)21-43-14-12-26(13-15-43)33-42-41-29-23-44(16-17-46(29)33)30(48)9-7-6-8-19-51-37/h10-11,20,24,26,34,38H,4-9,12-19,21-23,36-37H2,1-3H3,(H,39,40). The maximum absolute atomic E-state index is 12.8. The van der Waals surface area contributed by atoms with Crippen LogP contribution in [0.1, 0.15) is 87.0 Å². The van der Waals surface area contributed by atoms with Crippen molar-refractivity contribution in [3.8, 4) is 5.75 Å². The van der Waals surface area contributed by atoms with Crippen molar-refractivity contribution in [3.63, 3.8) is 0 Å². The number of likely N-dealkylation sites (N-methyl/N-ethyl adjacent to an activating group) is 1. The Morgan fingerprint density at radius 2 is 1.94 bits per heavy atom. The van der Waals surface area contributed by atoms with Gasteiger partial charge >= 0.3 is 0 Å². The van der Waals surface area contributed by atoms with Gasteiger partial charge in [-0.2, -0.15) is 0 Å². The normalized spacial score (nSPS) is 18.2. The first kappa shape index (κ1) is 37.8. The van der Waals surface area contributed by atoms with Crippen LogP contribution in [0.15, 0.2) is 34.7 Å². The first-order chi connectivity index (χ1) is 24.9. The minimum Gasteiger partial charge on any atom is -0.496 e. The van der Waals surface area contributed by atoms with Gasteiger partial charge in [-0.3, -0.25) is 19.8 Å². The lowest BCUT2D eigenvalue weighted by atomic mass is 9.95. The lowest BCUT2D eigenvalue weighted by molar-refractivity contribution is -0.132. The second-order valence-corrected chi connectivity index (χ2v) is 13.3. The molecule has 2 amide bonds. The molecule has 4 heterocycles. The molecule has 0 saturated carbocycles. The van der Waals surface area contributed by atoms with Crippen LogP contribution in [-0.2, 0) is 45.3 Å². The number of unbranched alkanes of at least 4 members (excludes halogenated alkanes) is 3. The van der Waals surface area contributed by atoms with Crippen molar-refractivity contribution in [2.45, 2.75) is 96.6 Å². The van der Waals surface area contributed by atoms with Gasteiger partial charge in [0.1, 0.15) is 17.4 Å². The number of carbonyl (C=O) groups is 2. The zero-order valence-electron chi connectivity index (χ0n) is 30.3. The minimum atomic E-state index is -0.675. The molecule has 1 saturated heterocycles. The summed E-state index contributed by atoms with van der Waals surface area (Å²) in [5.41, 5.74) is 8.86. The fourth-order valence-corrected chi connectivity index (χ4v) is 6.91. The van der Waals surface area contributed by atoms with Gasteiger partial charge in [-0.15, -0.1) is 10.2 Å². The molecule has 0 bridgehead atoms. The number of hydrogen-bond donors (Lipinski definition) is 4. The number of aromatic nitrogens is 3. The second-order valence-electron chi connectivity index (χ2n) is 13.3. The molecular formula is C35H55N11O5. The van der Waals surface area contributed by atoms with Gasteiger partial charge in [-0.1, -0.05) is 31.9 Å². The first-order valence-electron chi connectivity index (χ1n) is 18.1. The summed E-state index contributed by atoms with van der Waals surface area (Å²) in [6.07, 6.45) is 7.10. The van der Waals surface area contributed by atoms with Crippen LogP contribution in [0, 0.1) is 0 Å². The zero-order valence-corrected chi connectivity index (χ0v) is 30.3. The molecule has 6 N–H and O–H groups in total. The van der Waals surface area contributed by atoms with Gasteiger partial charge in [-0.25, -0.2) is 10.9 Å². The molecule has 0 radical (unpaired) electrons. The SMILES string of the molecule is CCCCOC1=NC(N(C=O)Cc2ccc(CN3CCC(c4nnc5n4CCN(C(=O)CCCCCON)C5)CC3)cc2OC)C(NC)=C(N)N1. The van der Waals surface area contributed by atoms with E-state index in [9.17, 15) is 9.59 Å². The number of methoxy groups -OCH3 is 1. The number of amides is 2. The molecule has 0 spiro atoms. The fraction of sp³-hybridized carbons (Fsp3) is 0.629. The van der Waals surface area contributed by atoms with Crippen LogP contribution in [0.3, 0.4) is 0 Å². The molecule has 1 aromatic carbocycles. The average molecular weight is 710 g/mol. The van der Waals surface area contributed by atoms with Crippen molar-refractivity contribution in [2.24, 2.45) is 16.6 Å². The Morgan fingerprint density at radius 3 is 2.67 bits per heavy atom. The largest absolute Gasteiger partial charge is 0.496 e. The predicted octanol–water partition coefficient (Wildman–Crippen LogP) is 1.87. The van der Waals surface area contributed by atoms with Crippen LogP contribution in [0.5, 0.6) is 5.75 Å². The lowest BCUT2D eigenvalue weighted by Gasteiger charge is -2.33. The van der Waals surface area contributed by atoms with E-state index in [4.69, 9.17) is 21.1 Å². The minimum absolute atomic E-state index is 0.168. The number of nitrogens with two attached hydrogens (primary N) is 2. The number of nitrogens with one attached hydrogen (secondary N) is 2. The van der Waals surface area contributed by atoms with Gasteiger partial charge in [-0.05, 0) is 56.8 Å². The van der Waals surface area contributed by atoms with Gasteiger partial charge in [0, 0.05) is 44.6 Å². The van der Waals surface area contributed by atoms with E-state index in [0.29, 0.717) is 61.9 Å². The third kappa shape index (κ3) is 9.68. The maximum atomic E-state index is 12.8. The molecule has 1 unspecified atom stereocenters. The number of carbonyl (C=O) groups excluding carboxylic acids is 2. The molecule has 16 heteroatoms. The number of amidine groups is 1. The Bertz CT molecular complexity index is 1520. The van der Waals surface area contributed by atoms with E-state index >= 15 is 0 Å². The number of nitrogens with zero attached hydrogens (tertiary/aromatic N) is 7. The van der Waals surface area contributed by atoms with Crippen molar-refractivity contribution in [3.05, 3.63) is 52.5 Å². The first-order valence-corrected chi connectivity index (χ1v) is 18.1. The van der Waals surface area contributed by atoms with Crippen LogP contribution in [0.4, 0.5) is 0 Å². The smallest absolute Gasteiger partial charge is 0.292 e. The molecule has 1 atom stereocenters. The van der Waals surface area contributed by atoms with E-state index in [0.717, 1.165) is 100 Å². The maximum Gasteiger partial charge on any atom is 0.292 e. The topological polar surface area (TPSA) is 191 Å². The Hall–Kier alpha value is -4.41. The highest BCUT2D eigenvalue weighted by Crippen LogP contribution is 2.31. The Kier molecular flexibility index (Phi) is 13.9. The van der Waals surface area contributed by atoms with Gasteiger partial charge < -0.3 is 39.7 Å². The van der Waals surface area contributed by atoms with Gasteiger partial charge in [0.2, 0.25) is 12.3 Å².